The molecule has 166 valence electrons. The van der Waals surface area contributed by atoms with Gasteiger partial charge in [0.05, 0.1) is 6.61 Å². The molecule has 2 rings (SSSR count). The van der Waals surface area contributed by atoms with Crippen LogP contribution in [0.3, 0.4) is 0 Å². The van der Waals surface area contributed by atoms with Crippen LogP contribution in [0.25, 0.3) is 0 Å². The van der Waals surface area contributed by atoms with Crippen molar-refractivity contribution in [1.29, 1.82) is 5.26 Å². The standard InChI is InChI=1S/C21H35N6O2P/c1-2-29-30(28,27-20-10-6-5-7-11-20)17-9-4-3-8-14-24-21(25-18-22)26-19-12-15-23-16-13-19/h12-13,15-16,20H,2-11,14,17H2,1H3,(H,27,28)(H2,23,24,25,26). The lowest BCUT2D eigenvalue weighted by Gasteiger charge is -2.28. The van der Waals surface area contributed by atoms with Gasteiger partial charge in [-0.2, -0.15) is 5.26 Å². The van der Waals surface area contributed by atoms with E-state index in [0.29, 0.717) is 31.3 Å². The minimum atomic E-state index is -2.75. The summed E-state index contributed by atoms with van der Waals surface area (Å²) in [4.78, 5) is 8.39. The Hall–Kier alpha value is -1.94. The number of unbranched alkanes of at least 4 members (excludes halogenated alkanes) is 3. The molecular formula is C21H35N6O2P. The lowest BCUT2D eigenvalue weighted by molar-refractivity contribution is 0.307. The van der Waals surface area contributed by atoms with Gasteiger partial charge in [0.2, 0.25) is 5.96 Å². The van der Waals surface area contributed by atoms with E-state index >= 15 is 0 Å². The van der Waals surface area contributed by atoms with Crippen LogP contribution in [0.15, 0.2) is 29.5 Å². The first kappa shape index (κ1) is 24.3. The molecule has 0 amide bonds. The minimum absolute atomic E-state index is 0.337. The molecule has 30 heavy (non-hydrogen) atoms. The van der Waals surface area contributed by atoms with E-state index < -0.39 is 7.52 Å². The Balaban J connectivity index is 1.67. The van der Waals surface area contributed by atoms with E-state index in [1.54, 1.807) is 12.4 Å². The fourth-order valence-electron chi connectivity index (χ4n) is 3.60. The number of nitriles is 1. The molecule has 1 aromatic rings. The van der Waals surface area contributed by atoms with Crippen molar-refractivity contribution in [2.45, 2.75) is 70.8 Å². The van der Waals surface area contributed by atoms with E-state index in [1.807, 2.05) is 25.2 Å². The van der Waals surface area contributed by atoms with Crippen molar-refractivity contribution >= 4 is 19.2 Å². The minimum Gasteiger partial charge on any atom is -0.325 e. The first-order valence-electron chi connectivity index (χ1n) is 11.0. The van der Waals surface area contributed by atoms with Crippen molar-refractivity contribution in [3.63, 3.8) is 0 Å². The highest BCUT2D eigenvalue weighted by Gasteiger charge is 2.26. The van der Waals surface area contributed by atoms with Crippen molar-refractivity contribution in [3.8, 4) is 6.19 Å². The summed E-state index contributed by atoms with van der Waals surface area (Å²) in [6.45, 7) is 3.00. The summed E-state index contributed by atoms with van der Waals surface area (Å²) in [5, 5.41) is 17.9. The fraction of sp³-hybridized carbons (Fsp3) is 0.667. The number of pyridine rings is 1. The molecule has 1 aliphatic carbocycles. The average Bonchev–Trinajstić information content (AvgIpc) is 2.75. The quantitative estimate of drug-likeness (QED) is 0.110. The zero-order valence-corrected chi connectivity index (χ0v) is 18.9. The van der Waals surface area contributed by atoms with Gasteiger partial charge >= 0.3 is 0 Å². The highest BCUT2D eigenvalue weighted by molar-refractivity contribution is 7.56. The second-order valence-corrected chi connectivity index (χ2v) is 9.83. The molecule has 0 aromatic carbocycles. The zero-order chi connectivity index (χ0) is 21.5. The molecule has 0 radical (unpaired) electrons. The summed E-state index contributed by atoms with van der Waals surface area (Å²) in [6.07, 6.45) is 15.5. The van der Waals surface area contributed by atoms with Crippen LogP contribution in [0, 0.1) is 11.5 Å². The third-order valence-corrected chi connectivity index (χ3v) is 7.41. The van der Waals surface area contributed by atoms with Gasteiger partial charge in [0, 0.05) is 36.8 Å². The monoisotopic (exact) mass is 434 g/mol. The van der Waals surface area contributed by atoms with Crippen LogP contribution >= 0.6 is 7.52 Å². The lowest BCUT2D eigenvalue weighted by Crippen LogP contribution is -2.30. The summed E-state index contributed by atoms with van der Waals surface area (Å²) in [7, 11) is -2.75. The van der Waals surface area contributed by atoms with Gasteiger partial charge in [-0.1, -0.05) is 32.1 Å². The summed E-state index contributed by atoms with van der Waals surface area (Å²) in [5.41, 5.74) is 0.823. The molecule has 1 atom stereocenters. The molecule has 3 N–H and O–H groups in total. The Morgan fingerprint density at radius 3 is 2.67 bits per heavy atom. The van der Waals surface area contributed by atoms with Gasteiger partial charge in [0.15, 0.2) is 6.19 Å². The van der Waals surface area contributed by atoms with Gasteiger partial charge < -0.3 is 9.84 Å². The largest absolute Gasteiger partial charge is 0.325 e. The first-order valence-corrected chi connectivity index (χ1v) is 12.8. The third-order valence-electron chi connectivity index (χ3n) is 5.07. The number of hydrogen-bond donors (Lipinski definition) is 3. The van der Waals surface area contributed by atoms with E-state index in [-0.39, 0.29) is 0 Å². The molecule has 1 fully saturated rings. The maximum Gasteiger partial charge on any atom is 0.270 e. The average molecular weight is 435 g/mol. The molecule has 1 heterocycles. The molecule has 1 saturated carbocycles. The molecular weight excluding hydrogens is 399 g/mol. The summed E-state index contributed by atoms with van der Waals surface area (Å²) in [5.74, 6) is 0.432. The number of guanidine groups is 1. The predicted octanol–water partition coefficient (Wildman–Crippen LogP) is 4.63. The lowest BCUT2D eigenvalue weighted by atomic mass is 9.96. The Labute approximate surface area is 180 Å². The number of anilines is 1. The van der Waals surface area contributed by atoms with Crippen molar-refractivity contribution in [1.82, 2.24) is 15.4 Å². The molecule has 0 bridgehead atoms. The molecule has 0 saturated heterocycles. The van der Waals surface area contributed by atoms with Gasteiger partial charge in [-0.05, 0) is 44.7 Å². The summed E-state index contributed by atoms with van der Waals surface area (Å²) < 4.78 is 18.7. The van der Waals surface area contributed by atoms with E-state index in [1.165, 1.54) is 19.3 Å². The van der Waals surface area contributed by atoms with Crippen molar-refractivity contribution in [3.05, 3.63) is 24.5 Å². The van der Waals surface area contributed by atoms with Crippen LogP contribution in [0.4, 0.5) is 5.69 Å². The van der Waals surface area contributed by atoms with Crippen LogP contribution in [-0.4, -0.2) is 36.3 Å². The second-order valence-electron chi connectivity index (χ2n) is 7.52. The number of aliphatic imine (C=N–C) groups is 1. The van der Waals surface area contributed by atoms with Crippen molar-refractivity contribution in [2.24, 2.45) is 4.99 Å². The van der Waals surface area contributed by atoms with E-state index in [0.717, 1.165) is 44.2 Å². The van der Waals surface area contributed by atoms with Crippen LogP contribution in [-0.2, 0) is 9.09 Å². The van der Waals surface area contributed by atoms with Crippen molar-refractivity contribution in [2.75, 3.05) is 24.6 Å². The van der Waals surface area contributed by atoms with Crippen molar-refractivity contribution < 1.29 is 9.09 Å². The SMILES string of the molecule is CCOP(=O)(CCCCCCN=C(NC#N)Nc1ccncc1)NC1CCCCC1. The van der Waals surface area contributed by atoms with Gasteiger partial charge in [0.1, 0.15) is 0 Å². The number of rotatable bonds is 12. The topological polar surface area (TPSA) is 111 Å². The summed E-state index contributed by atoms with van der Waals surface area (Å²) >= 11 is 0. The Morgan fingerprint density at radius 1 is 1.23 bits per heavy atom. The second kappa shape index (κ2) is 14.1. The zero-order valence-electron chi connectivity index (χ0n) is 18.0. The number of aromatic nitrogens is 1. The Bertz CT molecular complexity index is 716. The van der Waals surface area contributed by atoms with Crippen LogP contribution in [0.1, 0.15) is 64.7 Å². The van der Waals surface area contributed by atoms with E-state index in [4.69, 9.17) is 9.79 Å². The Kier molecular flexibility index (Phi) is 11.5. The summed E-state index contributed by atoms with van der Waals surface area (Å²) in [6, 6.07) is 3.96. The third kappa shape index (κ3) is 9.71. The molecule has 9 heteroatoms. The molecule has 1 aliphatic rings. The fourth-order valence-corrected chi connectivity index (χ4v) is 5.80. The van der Waals surface area contributed by atoms with Crippen LogP contribution in [0.2, 0.25) is 0 Å². The van der Waals surface area contributed by atoms with Crippen LogP contribution < -0.4 is 15.7 Å². The highest BCUT2D eigenvalue weighted by Crippen LogP contribution is 2.45. The van der Waals surface area contributed by atoms with Gasteiger partial charge in [-0.3, -0.25) is 19.9 Å². The van der Waals surface area contributed by atoms with Gasteiger partial charge in [-0.15, -0.1) is 0 Å². The molecule has 8 nitrogen and oxygen atoms in total. The number of hydrogen-bond acceptors (Lipinski definition) is 5. The normalized spacial score (nSPS) is 17.1. The molecule has 0 aliphatic heterocycles. The first-order chi connectivity index (χ1) is 14.6. The maximum atomic E-state index is 13.1. The predicted molar refractivity (Wildman–Crippen MR) is 121 cm³/mol. The van der Waals surface area contributed by atoms with Gasteiger partial charge in [-0.25, -0.2) is 5.09 Å². The molecule has 1 unspecified atom stereocenters. The smallest absolute Gasteiger partial charge is 0.270 e. The van der Waals surface area contributed by atoms with E-state index in [9.17, 15) is 4.57 Å². The number of nitrogens with zero attached hydrogens (tertiary/aromatic N) is 3. The van der Waals surface area contributed by atoms with Gasteiger partial charge in [0.25, 0.3) is 7.52 Å². The highest BCUT2D eigenvalue weighted by atomic mass is 31.2. The molecule has 1 aromatic heterocycles. The Morgan fingerprint density at radius 2 is 1.97 bits per heavy atom. The van der Waals surface area contributed by atoms with E-state index in [2.05, 4.69) is 25.7 Å². The van der Waals surface area contributed by atoms with Crippen LogP contribution in [0.5, 0.6) is 0 Å². The molecule has 0 spiro atoms. The number of nitrogens with one attached hydrogen (secondary N) is 3. The maximum absolute atomic E-state index is 13.1.